The van der Waals surface area contributed by atoms with E-state index in [1.807, 2.05) is 0 Å². The van der Waals surface area contributed by atoms with Crippen LogP contribution >= 0.6 is 11.6 Å². The van der Waals surface area contributed by atoms with Crippen molar-refractivity contribution in [2.24, 2.45) is 0 Å². The number of carboxylic acid groups (broad SMARTS) is 1. The van der Waals surface area contributed by atoms with Gasteiger partial charge in [0, 0.05) is 6.20 Å². The highest BCUT2D eigenvalue weighted by molar-refractivity contribution is 6.32. The number of carbonyl (C=O) groups is 1. The van der Waals surface area contributed by atoms with Crippen LogP contribution in [-0.4, -0.2) is 21.2 Å². The maximum absolute atomic E-state index is 11.9. The Kier molecular flexibility index (Phi) is 6.84. The Hall–Kier alpha value is -3.26. The molecular weight excluding hydrogens is 399 g/mol. The van der Waals surface area contributed by atoms with Gasteiger partial charge in [-0.3, -0.25) is 0 Å². The van der Waals surface area contributed by atoms with E-state index in [9.17, 15) is 18.0 Å². The number of carboxylic acids is 1. The van der Waals surface area contributed by atoms with Crippen molar-refractivity contribution in [1.82, 2.24) is 4.98 Å². The lowest BCUT2D eigenvalue weighted by Crippen LogP contribution is -2.03. The molecule has 0 saturated carbocycles. The van der Waals surface area contributed by atoms with Gasteiger partial charge >= 0.3 is 12.1 Å². The largest absolute Gasteiger partial charge is 0.508 e. The molecule has 0 aliphatic rings. The van der Waals surface area contributed by atoms with Gasteiger partial charge in [0.1, 0.15) is 17.1 Å². The first-order chi connectivity index (χ1) is 13.2. The molecule has 0 aliphatic carbocycles. The second-order valence-corrected chi connectivity index (χ2v) is 5.65. The number of phenols is 1. The predicted molar refractivity (Wildman–Crippen MR) is 95.8 cm³/mol. The molecule has 1 aromatic heterocycles. The van der Waals surface area contributed by atoms with Crippen molar-refractivity contribution in [2.75, 3.05) is 0 Å². The van der Waals surface area contributed by atoms with E-state index >= 15 is 0 Å². The van der Waals surface area contributed by atoms with Crippen molar-refractivity contribution >= 4 is 17.6 Å². The van der Waals surface area contributed by atoms with E-state index in [2.05, 4.69) is 4.98 Å². The van der Waals surface area contributed by atoms with Gasteiger partial charge < -0.3 is 14.9 Å². The van der Waals surface area contributed by atoms with Gasteiger partial charge in [-0.1, -0.05) is 29.8 Å². The van der Waals surface area contributed by atoms with E-state index in [0.717, 1.165) is 12.1 Å². The zero-order valence-corrected chi connectivity index (χ0v) is 14.8. The second kappa shape index (κ2) is 9.09. The van der Waals surface area contributed by atoms with Crippen LogP contribution < -0.4 is 4.74 Å². The van der Waals surface area contributed by atoms with Crippen LogP contribution in [-0.2, 0) is 6.18 Å². The second-order valence-electron chi connectivity index (χ2n) is 5.24. The zero-order valence-electron chi connectivity index (χ0n) is 14.0. The molecule has 0 saturated heterocycles. The summed E-state index contributed by atoms with van der Waals surface area (Å²) in [7, 11) is 0. The molecule has 9 heteroatoms. The van der Waals surface area contributed by atoms with Crippen molar-refractivity contribution < 1.29 is 32.9 Å². The van der Waals surface area contributed by atoms with Crippen molar-refractivity contribution in [2.45, 2.75) is 6.18 Å². The third-order valence-electron chi connectivity index (χ3n) is 3.22. The minimum atomic E-state index is -4.38. The number of halogens is 4. The molecule has 0 amide bonds. The van der Waals surface area contributed by atoms with Crippen LogP contribution in [0.3, 0.4) is 0 Å². The van der Waals surface area contributed by atoms with Gasteiger partial charge in [-0.25, -0.2) is 9.78 Å². The molecule has 0 atom stereocenters. The number of ether oxygens (including phenoxy) is 1. The van der Waals surface area contributed by atoms with Crippen LogP contribution in [0.5, 0.6) is 17.4 Å². The van der Waals surface area contributed by atoms with E-state index in [4.69, 9.17) is 26.6 Å². The van der Waals surface area contributed by atoms with Gasteiger partial charge in [0.15, 0.2) is 0 Å². The molecule has 3 rings (SSSR count). The van der Waals surface area contributed by atoms with Crippen LogP contribution in [0, 0.1) is 0 Å². The summed E-state index contributed by atoms with van der Waals surface area (Å²) >= 11 is 5.91. The minimum Gasteiger partial charge on any atom is -0.508 e. The number of alkyl halides is 3. The first kappa shape index (κ1) is 21.0. The Balaban J connectivity index is 0.000000221. The third kappa shape index (κ3) is 5.88. The lowest BCUT2D eigenvalue weighted by molar-refractivity contribution is -0.137. The van der Waals surface area contributed by atoms with E-state index in [0.29, 0.717) is 16.8 Å². The fourth-order valence-electron chi connectivity index (χ4n) is 1.95. The number of hydrogen-bond acceptors (Lipinski definition) is 4. The van der Waals surface area contributed by atoms with Crippen LogP contribution in [0.15, 0.2) is 66.9 Å². The molecule has 0 aliphatic heterocycles. The smallest absolute Gasteiger partial charge is 0.416 e. The van der Waals surface area contributed by atoms with Crippen LogP contribution in [0.1, 0.15) is 15.9 Å². The third-order valence-corrected chi connectivity index (χ3v) is 3.53. The number of aromatic hydroxyl groups is 1. The summed E-state index contributed by atoms with van der Waals surface area (Å²) in [6, 6.07) is 13.7. The number of phenolic OH excluding ortho intramolecular Hbond substituents is 1. The van der Waals surface area contributed by atoms with Crippen molar-refractivity contribution in [1.29, 1.82) is 0 Å². The summed E-state index contributed by atoms with van der Waals surface area (Å²) in [4.78, 5) is 14.8. The summed E-state index contributed by atoms with van der Waals surface area (Å²) in [5, 5.41) is 18.0. The Morgan fingerprint density at radius 2 is 1.75 bits per heavy atom. The number of nitrogens with zero attached hydrogens (tertiary/aromatic N) is 1. The number of hydrogen-bond donors (Lipinski definition) is 2. The average molecular weight is 412 g/mol. The van der Waals surface area contributed by atoms with E-state index < -0.39 is 17.7 Å². The monoisotopic (exact) mass is 411 g/mol. The maximum atomic E-state index is 11.9. The fraction of sp³-hybridized carbons (Fsp3) is 0.0526. The van der Waals surface area contributed by atoms with Gasteiger partial charge in [0.2, 0.25) is 5.88 Å². The topological polar surface area (TPSA) is 79.7 Å². The first-order valence-electron chi connectivity index (χ1n) is 7.65. The maximum Gasteiger partial charge on any atom is 0.416 e. The molecule has 0 spiro atoms. The first-order valence-corrected chi connectivity index (χ1v) is 8.03. The highest BCUT2D eigenvalue weighted by atomic mass is 35.5. The average Bonchev–Trinajstić information content (AvgIpc) is 2.64. The SMILES string of the molecule is O=C(O)c1cccnc1Oc1ccccc1Cl.Oc1cccc(C(F)(F)F)c1. The van der Waals surface area contributed by atoms with Gasteiger partial charge in [0.25, 0.3) is 0 Å². The lowest BCUT2D eigenvalue weighted by Gasteiger charge is -2.08. The highest BCUT2D eigenvalue weighted by Crippen LogP contribution is 2.31. The van der Waals surface area contributed by atoms with Crippen LogP contribution in [0.2, 0.25) is 5.02 Å². The Bertz CT molecular complexity index is 964. The molecule has 0 bridgehead atoms. The number of rotatable bonds is 3. The normalized spacial score (nSPS) is 10.6. The van der Waals surface area contributed by atoms with Gasteiger partial charge in [0.05, 0.1) is 10.6 Å². The lowest BCUT2D eigenvalue weighted by atomic mass is 10.2. The zero-order chi connectivity index (χ0) is 20.7. The fourth-order valence-corrected chi connectivity index (χ4v) is 2.12. The molecular formula is C19H13ClF3NO4. The summed E-state index contributed by atoms with van der Waals surface area (Å²) < 4.78 is 40.9. The Morgan fingerprint density at radius 1 is 1.04 bits per heavy atom. The highest BCUT2D eigenvalue weighted by Gasteiger charge is 2.30. The van der Waals surface area contributed by atoms with Crippen molar-refractivity contribution in [3.05, 3.63) is 83.0 Å². The molecule has 2 N–H and O–H groups in total. The predicted octanol–water partition coefficient (Wildman–Crippen LogP) is 5.64. The number of benzene rings is 2. The van der Waals surface area contributed by atoms with Gasteiger partial charge in [-0.15, -0.1) is 0 Å². The molecule has 28 heavy (non-hydrogen) atoms. The summed E-state index contributed by atoms with van der Waals surface area (Å²) in [6.07, 6.45) is -2.92. The Labute approximate surface area is 162 Å². The standard InChI is InChI=1S/C12H8ClNO3.C7H5F3O/c13-9-5-1-2-6-10(9)17-11-8(12(15)16)4-3-7-14-11;8-7(9,10)5-2-1-3-6(11)4-5/h1-7H,(H,15,16);1-4,11H. The molecule has 5 nitrogen and oxygen atoms in total. The summed E-state index contributed by atoms with van der Waals surface area (Å²) in [5.74, 6) is -1.08. The number of aromatic nitrogens is 1. The molecule has 0 fully saturated rings. The summed E-state index contributed by atoms with van der Waals surface area (Å²) in [6.45, 7) is 0. The molecule has 2 aromatic carbocycles. The van der Waals surface area contributed by atoms with E-state index in [1.165, 1.54) is 24.4 Å². The Morgan fingerprint density at radius 3 is 2.32 bits per heavy atom. The van der Waals surface area contributed by atoms with E-state index in [-0.39, 0.29) is 17.2 Å². The summed E-state index contributed by atoms with van der Waals surface area (Å²) in [5.41, 5.74) is -0.843. The van der Waals surface area contributed by atoms with Gasteiger partial charge in [-0.2, -0.15) is 13.2 Å². The van der Waals surface area contributed by atoms with E-state index in [1.54, 1.807) is 24.3 Å². The van der Waals surface area contributed by atoms with Crippen molar-refractivity contribution in [3.8, 4) is 17.4 Å². The number of pyridine rings is 1. The molecule has 1 heterocycles. The van der Waals surface area contributed by atoms with Gasteiger partial charge in [-0.05, 0) is 42.5 Å². The number of aromatic carboxylic acids is 1. The molecule has 0 unspecified atom stereocenters. The minimum absolute atomic E-state index is 0.00702. The quantitative estimate of drug-likeness (QED) is 0.583. The molecule has 146 valence electrons. The van der Waals surface area contributed by atoms with Crippen LogP contribution in [0.4, 0.5) is 13.2 Å². The van der Waals surface area contributed by atoms with Crippen molar-refractivity contribution in [3.63, 3.8) is 0 Å². The molecule has 3 aromatic rings. The molecule has 0 radical (unpaired) electrons. The number of para-hydroxylation sites is 1. The van der Waals surface area contributed by atoms with Crippen LogP contribution in [0.25, 0.3) is 0 Å².